The summed E-state index contributed by atoms with van der Waals surface area (Å²) < 4.78 is 28.3. The van der Waals surface area contributed by atoms with Crippen molar-refractivity contribution in [2.75, 3.05) is 21.1 Å². The third kappa shape index (κ3) is 6.33. The Morgan fingerprint density at radius 1 is 0.759 bits per heavy atom. The summed E-state index contributed by atoms with van der Waals surface area (Å²) in [5.41, 5.74) is 2.21. The predicted molar refractivity (Wildman–Crippen MR) is 121 cm³/mol. The van der Waals surface area contributed by atoms with Gasteiger partial charge in [0.05, 0.1) is 22.8 Å². The van der Waals surface area contributed by atoms with Crippen LogP contribution in [-0.4, -0.2) is 20.2 Å². The molecule has 0 fully saturated rings. The summed E-state index contributed by atoms with van der Waals surface area (Å²) >= 11 is 3.37. The summed E-state index contributed by atoms with van der Waals surface area (Å²) in [5, 5.41) is 5.41. The number of hydrogen-bond acceptors (Lipinski definition) is 3. The molecule has 0 bridgehead atoms. The summed E-state index contributed by atoms with van der Waals surface area (Å²) in [7, 11) is -3.59. The zero-order chi connectivity index (χ0) is 20.7. The Balaban J connectivity index is 1.66. The van der Waals surface area contributed by atoms with Crippen LogP contribution >= 0.6 is 15.9 Å². The highest BCUT2D eigenvalue weighted by atomic mass is 79.9. The molecule has 8 heteroatoms. The van der Waals surface area contributed by atoms with Gasteiger partial charge in [0.25, 0.3) is 0 Å². The highest BCUT2D eigenvalue weighted by molar-refractivity contribution is 9.10. The van der Waals surface area contributed by atoms with E-state index >= 15 is 0 Å². The lowest BCUT2D eigenvalue weighted by molar-refractivity contribution is 0.262. The van der Waals surface area contributed by atoms with Gasteiger partial charge < -0.3 is 10.6 Å². The molecular formula is C21H20BrN3O3S. The molecule has 6 nitrogen and oxygen atoms in total. The van der Waals surface area contributed by atoms with Crippen LogP contribution in [0.5, 0.6) is 0 Å². The highest BCUT2D eigenvalue weighted by Gasteiger charge is 2.14. The zero-order valence-electron chi connectivity index (χ0n) is 15.4. The molecule has 0 unspecified atom stereocenters. The maximum absolute atomic E-state index is 12.5. The van der Waals surface area contributed by atoms with E-state index in [9.17, 15) is 13.2 Å². The van der Waals surface area contributed by atoms with Crippen LogP contribution in [0.15, 0.2) is 83.3 Å². The van der Waals surface area contributed by atoms with Crippen LogP contribution in [0, 0.1) is 0 Å². The molecule has 150 valence electrons. The van der Waals surface area contributed by atoms with Gasteiger partial charge in [-0.25, -0.2) is 13.2 Å². The molecule has 0 aliphatic rings. The van der Waals surface area contributed by atoms with E-state index in [0.717, 1.165) is 10.0 Å². The van der Waals surface area contributed by atoms with E-state index in [1.807, 2.05) is 42.5 Å². The molecule has 0 aromatic heterocycles. The van der Waals surface area contributed by atoms with Crippen molar-refractivity contribution in [3.05, 3.63) is 88.9 Å². The standard InChI is InChI=1S/C21H20BrN3O3S/c22-17-10-4-5-11-18(17)23-21(26)24-19-12-6-7-13-20(19)25-29(27,28)15-14-16-8-2-1-3-9-16/h1-13,25H,14-15H2,(H2,23,24,26). The van der Waals surface area contributed by atoms with Gasteiger partial charge in [-0.3, -0.25) is 4.72 Å². The third-order valence-electron chi connectivity index (χ3n) is 4.07. The number of nitrogens with one attached hydrogen (secondary N) is 3. The first-order valence-corrected chi connectivity index (χ1v) is 11.3. The van der Waals surface area contributed by atoms with Gasteiger partial charge >= 0.3 is 6.03 Å². The molecule has 3 aromatic carbocycles. The molecule has 0 spiro atoms. The molecule has 3 rings (SSSR count). The summed E-state index contributed by atoms with van der Waals surface area (Å²) in [6.45, 7) is 0. The van der Waals surface area contributed by atoms with Gasteiger partial charge in [-0.05, 0) is 52.2 Å². The topological polar surface area (TPSA) is 87.3 Å². The number of aryl methyl sites for hydroxylation is 1. The smallest absolute Gasteiger partial charge is 0.307 e. The van der Waals surface area contributed by atoms with Gasteiger partial charge in [-0.15, -0.1) is 0 Å². The first-order valence-electron chi connectivity index (χ1n) is 8.89. The fraction of sp³-hybridized carbons (Fsp3) is 0.0952. The van der Waals surface area contributed by atoms with E-state index in [1.54, 1.807) is 36.4 Å². The number of amides is 2. The van der Waals surface area contributed by atoms with E-state index in [0.29, 0.717) is 23.5 Å². The second-order valence-electron chi connectivity index (χ2n) is 6.26. The van der Waals surface area contributed by atoms with E-state index in [-0.39, 0.29) is 5.75 Å². The van der Waals surface area contributed by atoms with E-state index in [2.05, 4.69) is 31.3 Å². The molecule has 3 aromatic rings. The largest absolute Gasteiger partial charge is 0.323 e. The molecule has 0 aliphatic heterocycles. The SMILES string of the molecule is O=C(Nc1ccccc1Br)Nc1ccccc1NS(=O)(=O)CCc1ccccc1. The predicted octanol–water partition coefficient (Wildman–Crippen LogP) is 5.08. The minimum Gasteiger partial charge on any atom is -0.307 e. The van der Waals surface area contributed by atoms with Gasteiger partial charge in [-0.2, -0.15) is 0 Å². The lowest BCUT2D eigenvalue weighted by Gasteiger charge is -2.14. The van der Waals surface area contributed by atoms with E-state index in [1.165, 1.54) is 0 Å². The molecule has 2 amide bonds. The van der Waals surface area contributed by atoms with Crippen molar-refractivity contribution in [3.8, 4) is 0 Å². The van der Waals surface area contributed by atoms with Crippen molar-refractivity contribution >= 4 is 49.0 Å². The average molecular weight is 474 g/mol. The summed E-state index contributed by atoms with van der Waals surface area (Å²) in [4.78, 5) is 12.3. The van der Waals surface area contributed by atoms with Gasteiger partial charge in [-0.1, -0.05) is 54.6 Å². The maximum Gasteiger partial charge on any atom is 0.323 e. The molecule has 0 saturated carbocycles. The van der Waals surface area contributed by atoms with E-state index < -0.39 is 16.1 Å². The first kappa shape index (κ1) is 20.9. The summed E-state index contributed by atoms with van der Waals surface area (Å²) in [6.07, 6.45) is 0.397. The number of sulfonamides is 1. The van der Waals surface area contributed by atoms with Gasteiger partial charge in [0.1, 0.15) is 0 Å². The quantitative estimate of drug-likeness (QED) is 0.447. The molecule has 0 heterocycles. The van der Waals surface area contributed by atoms with Crippen LogP contribution in [0.3, 0.4) is 0 Å². The van der Waals surface area contributed by atoms with Gasteiger partial charge in [0.2, 0.25) is 10.0 Å². The number of halogens is 1. The van der Waals surface area contributed by atoms with Crippen LogP contribution in [-0.2, 0) is 16.4 Å². The first-order chi connectivity index (χ1) is 13.9. The normalized spacial score (nSPS) is 10.9. The number of urea groups is 1. The van der Waals surface area contributed by atoms with Gasteiger partial charge in [0, 0.05) is 4.47 Å². The van der Waals surface area contributed by atoms with Crippen LogP contribution in [0.2, 0.25) is 0 Å². The molecule has 0 aliphatic carbocycles. The second-order valence-corrected chi connectivity index (χ2v) is 8.96. The highest BCUT2D eigenvalue weighted by Crippen LogP contribution is 2.24. The van der Waals surface area contributed by atoms with Crippen LogP contribution < -0.4 is 15.4 Å². The van der Waals surface area contributed by atoms with Crippen LogP contribution in [0.1, 0.15) is 5.56 Å². The van der Waals surface area contributed by atoms with E-state index in [4.69, 9.17) is 0 Å². The lowest BCUT2D eigenvalue weighted by atomic mass is 10.2. The number of rotatable bonds is 7. The van der Waals surface area contributed by atoms with Gasteiger partial charge in [0.15, 0.2) is 0 Å². The number of carbonyl (C=O) groups is 1. The second kappa shape index (κ2) is 9.58. The molecule has 3 N–H and O–H groups in total. The Bertz CT molecular complexity index is 1090. The summed E-state index contributed by atoms with van der Waals surface area (Å²) in [6, 6.07) is 22.8. The Morgan fingerprint density at radius 2 is 1.31 bits per heavy atom. The van der Waals surface area contributed by atoms with Crippen LogP contribution in [0.25, 0.3) is 0 Å². The Kier molecular flexibility index (Phi) is 6.90. The fourth-order valence-corrected chi connectivity index (χ4v) is 4.14. The minimum atomic E-state index is -3.59. The minimum absolute atomic E-state index is 0.0610. The van der Waals surface area contributed by atoms with Crippen LogP contribution in [0.4, 0.5) is 21.9 Å². The lowest BCUT2D eigenvalue weighted by Crippen LogP contribution is -2.22. The number of benzene rings is 3. The van der Waals surface area contributed by atoms with Crippen molar-refractivity contribution in [2.24, 2.45) is 0 Å². The Labute approximate surface area is 178 Å². The third-order valence-corrected chi connectivity index (χ3v) is 6.03. The molecule has 0 saturated heterocycles. The Hall–Kier alpha value is -2.84. The zero-order valence-corrected chi connectivity index (χ0v) is 17.8. The molecular weight excluding hydrogens is 454 g/mol. The monoisotopic (exact) mass is 473 g/mol. The fourth-order valence-electron chi connectivity index (χ4n) is 2.64. The van der Waals surface area contributed by atoms with Crippen molar-refractivity contribution in [1.82, 2.24) is 0 Å². The van der Waals surface area contributed by atoms with Crippen molar-refractivity contribution in [1.29, 1.82) is 0 Å². The van der Waals surface area contributed by atoms with Crippen molar-refractivity contribution in [2.45, 2.75) is 6.42 Å². The molecule has 0 atom stereocenters. The number of anilines is 3. The summed E-state index contributed by atoms with van der Waals surface area (Å²) in [5.74, 6) is -0.0610. The maximum atomic E-state index is 12.5. The average Bonchev–Trinajstić information content (AvgIpc) is 2.70. The van der Waals surface area contributed by atoms with Crippen molar-refractivity contribution in [3.63, 3.8) is 0 Å². The Morgan fingerprint density at radius 3 is 2.00 bits per heavy atom. The van der Waals surface area contributed by atoms with Crippen molar-refractivity contribution < 1.29 is 13.2 Å². The molecule has 29 heavy (non-hydrogen) atoms. The number of hydrogen-bond donors (Lipinski definition) is 3. The molecule has 0 radical (unpaired) electrons. The number of carbonyl (C=O) groups excluding carboxylic acids is 1. The number of para-hydroxylation sites is 3.